The SMILES string of the molecule is CN(CCCc1ccccc1)c1ncccc1S(C)(=O)=O. The third-order valence-electron chi connectivity index (χ3n) is 3.31. The largest absolute Gasteiger partial charge is 0.359 e. The van der Waals surface area contributed by atoms with Crippen LogP contribution in [-0.2, 0) is 16.3 Å². The molecule has 2 aromatic rings. The van der Waals surface area contributed by atoms with E-state index in [1.165, 1.54) is 11.8 Å². The Labute approximate surface area is 126 Å². The van der Waals surface area contributed by atoms with E-state index in [1.54, 1.807) is 18.3 Å². The number of sulfone groups is 1. The Balaban J connectivity index is 2.03. The molecule has 4 nitrogen and oxygen atoms in total. The summed E-state index contributed by atoms with van der Waals surface area (Å²) in [6, 6.07) is 13.5. The van der Waals surface area contributed by atoms with Crippen molar-refractivity contribution in [1.29, 1.82) is 0 Å². The second-order valence-corrected chi connectivity index (χ2v) is 7.09. The van der Waals surface area contributed by atoms with Gasteiger partial charge in [0.05, 0.1) is 0 Å². The van der Waals surface area contributed by atoms with Crippen molar-refractivity contribution in [3.05, 3.63) is 54.2 Å². The lowest BCUT2D eigenvalue weighted by molar-refractivity contribution is 0.601. The Morgan fingerprint density at radius 3 is 2.48 bits per heavy atom. The molecule has 0 unspecified atom stereocenters. The van der Waals surface area contributed by atoms with E-state index in [2.05, 4.69) is 17.1 Å². The molecule has 0 bridgehead atoms. The van der Waals surface area contributed by atoms with Gasteiger partial charge in [0, 0.05) is 26.0 Å². The van der Waals surface area contributed by atoms with E-state index in [4.69, 9.17) is 0 Å². The summed E-state index contributed by atoms with van der Waals surface area (Å²) in [5.74, 6) is 0.521. The number of benzene rings is 1. The highest BCUT2D eigenvalue weighted by molar-refractivity contribution is 7.90. The zero-order chi connectivity index (χ0) is 15.3. The minimum Gasteiger partial charge on any atom is -0.359 e. The molecular weight excluding hydrogens is 284 g/mol. The summed E-state index contributed by atoms with van der Waals surface area (Å²) in [7, 11) is -1.38. The molecule has 0 aliphatic rings. The molecule has 0 radical (unpaired) electrons. The highest BCUT2D eigenvalue weighted by Gasteiger charge is 2.16. The Morgan fingerprint density at radius 2 is 1.81 bits per heavy atom. The molecule has 2 rings (SSSR count). The van der Waals surface area contributed by atoms with Gasteiger partial charge in [-0.05, 0) is 30.5 Å². The van der Waals surface area contributed by atoms with E-state index in [9.17, 15) is 8.42 Å². The van der Waals surface area contributed by atoms with Crippen molar-refractivity contribution in [3.8, 4) is 0 Å². The van der Waals surface area contributed by atoms with Crippen molar-refractivity contribution >= 4 is 15.7 Å². The first kappa shape index (κ1) is 15.5. The van der Waals surface area contributed by atoms with Crippen LogP contribution in [0.3, 0.4) is 0 Å². The van der Waals surface area contributed by atoms with Gasteiger partial charge in [0.2, 0.25) is 0 Å². The van der Waals surface area contributed by atoms with Crippen molar-refractivity contribution in [2.24, 2.45) is 0 Å². The van der Waals surface area contributed by atoms with Gasteiger partial charge in [-0.2, -0.15) is 0 Å². The minimum absolute atomic E-state index is 0.284. The van der Waals surface area contributed by atoms with Gasteiger partial charge in [-0.1, -0.05) is 30.3 Å². The lowest BCUT2D eigenvalue weighted by atomic mass is 10.1. The summed E-state index contributed by atoms with van der Waals surface area (Å²) >= 11 is 0. The number of pyridine rings is 1. The molecule has 1 heterocycles. The monoisotopic (exact) mass is 304 g/mol. The van der Waals surface area contributed by atoms with Crippen LogP contribution in [-0.4, -0.2) is 33.2 Å². The fourth-order valence-corrected chi connectivity index (χ4v) is 3.10. The molecule has 0 saturated heterocycles. The van der Waals surface area contributed by atoms with Gasteiger partial charge in [-0.3, -0.25) is 0 Å². The Bertz CT molecular complexity index is 684. The summed E-state index contributed by atoms with van der Waals surface area (Å²) in [4.78, 5) is 6.40. The first-order valence-corrected chi connectivity index (χ1v) is 8.78. The fraction of sp³-hybridized carbons (Fsp3) is 0.312. The molecule has 1 aromatic carbocycles. The van der Waals surface area contributed by atoms with Crippen LogP contribution in [0.5, 0.6) is 0 Å². The first-order valence-electron chi connectivity index (χ1n) is 6.88. The summed E-state index contributed by atoms with van der Waals surface area (Å²) in [6.45, 7) is 0.758. The molecule has 1 aromatic heterocycles. The number of aromatic nitrogens is 1. The summed E-state index contributed by atoms with van der Waals surface area (Å²) in [5.41, 5.74) is 1.29. The highest BCUT2D eigenvalue weighted by atomic mass is 32.2. The van der Waals surface area contributed by atoms with Gasteiger partial charge in [0.1, 0.15) is 10.7 Å². The molecule has 21 heavy (non-hydrogen) atoms. The Morgan fingerprint density at radius 1 is 1.10 bits per heavy atom. The fourth-order valence-electron chi connectivity index (χ4n) is 2.23. The standard InChI is InChI=1S/C16H20N2O2S/c1-18(13-7-10-14-8-4-3-5-9-14)16-15(21(2,19)20)11-6-12-17-16/h3-6,8-9,11-12H,7,10,13H2,1-2H3. The average Bonchev–Trinajstić information content (AvgIpc) is 2.47. The third kappa shape index (κ3) is 4.29. The van der Waals surface area contributed by atoms with E-state index in [1.807, 2.05) is 30.1 Å². The number of nitrogens with zero attached hydrogens (tertiary/aromatic N) is 2. The lowest BCUT2D eigenvalue weighted by Crippen LogP contribution is -2.22. The van der Waals surface area contributed by atoms with Crippen LogP contribution < -0.4 is 4.90 Å². The predicted octanol–water partition coefficient (Wildman–Crippen LogP) is 2.55. The molecule has 0 amide bonds. The van der Waals surface area contributed by atoms with E-state index < -0.39 is 9.84 Å². The average molecular weight is 304 g/mol. The number of hydrogen-bond acceptors (Lipinski definition) is 4. The maximum absolute atomic E-state index is 11.8. The van der Waals surface area contributed by atoms with Crippen LogP contribution in [0.4, 0.5) is 5.82 Å². The molecular formula is C16H20N2O2S. The Kier molecular flexibility index (Phi) is 4.96. The van der Waals surface area contributed by atoms with Crippen LogP contribution in [0.25, 0.3) is 0 Å². The van der Waals surface area contributed by atoms with Crippen LogP contribution in [0.15, 0.2) is 53.6 Å². The number of aryl methyl sites for hydroxylation is 1. The maximum Gasteiger partial charge on any atom is 0.179 e. The normalized spacial score (nSPS) is 11.3. The molecule has 0 N–H and O–H groups in total. The van der Waals surface area contributed by atoms with Crippen molar-refractivity contribution in [1.82, 2.24) is 4.98 Å². The molecule has 0 saturated carbocycles. The van der Waals surface area contributed by atoms with Gasteiger partial charge in [-0.15, -0.1) is 0 Å². The minimum atomic E-state index is -3.26. The summed E-state index contributed by atoms with van der Waals surface area (Å²) in [5, 5.41) is 0. The van der Waals surface area contributed by atoms with Crippen molar-refractivity contribution in [2.45, 2.75) is 17.7 Å². The maximum atomic E-state index is 11.8. The van der Waals surface area contributed by atoms with E-state index in [-0.39, 0.29) is 4.90 Å². The zero-order valence-corrected chi connectivity index (χ0v) is 13.2. The second-order valence-electron chi connectivity index (χ2n) is 5.11. The molecule has 0 aliphatic heterocycles. The number of rotatable bonds is 6. The highest BCUT2D eigenvalue weighted by Crippen LogP contribution is 2.21. The first-order chi connectivity index (χ1) is 9.98. The molecule has 0 aliphatic carbocycles. The zero-order valence-electron chi connectivity index (χ0n) is 12.4. The Hall–Kier alpha value is -1.88. The van der Waals surface area contributed by atoms with Gasteiger partial charge in [0.15, 0.2) is 9.84 Å². The predicted molar refractivity (Wildman–Crippen MR) is 85.4 cm³/mol. The molecule has 0 fully saturated rings. The molecule has 0 atom stereocenters. The van der Waals surface area contributed by atoms with Gasteiger partial charge in [0.25, 0.3) is 0 Å². The van der Waals surface area contributed by atoms with Crippen LogP contribution >= 0.6 is 0 Å². The molecule has 5 heteroatoms. The van der Waals surface area contributed by atoms with E-state index in [0.717, 1.165) is 19.4 Å². The second kappa shape index (κ2) is 6.72. The number of anilines is 1. The topological polar surface area (TPSA) is 50.3 Å². The van der Waals surface area contributed by atoms with E-state index in [0.29, 0.717) is 5.82 Å². The van der Waals surface area contributed by atoms with Crippen molar-refractivity contribution in [3.63, 3.8) is 0 Å². The van der Waals surface area contributed by atoms with Gasteiger partial charge >= 0.3 is 0 Å². The molecule has 112 valence electrons. The van der Waals surface area contributed by atoms with Crippen LogP contribution in [0.2, 0.25) is 0 Å². The third-order valence-corrected chi connectivity index (χ3v) is 4.43. The van der Waals surface area contributed by atoms with Crippen molar-refractivity contribution < 1.29 is 8.42 Å². The lowest BCUT2D eigenvalue weighted by Gasteiger charge is -2.20. The number of hydrogen-bond donors (Lipinski definition) is 0. The summed E-state index contributed by atoms with van der Waals surface area (Å²) in [6.07, 6.45) is 4.75. The summed E-state index contributed by atoms with van der Waals surface area (Å²) < 4.78 is 23.6. The van der Waals surface area contributed by atoms with Crippen LogP contribution in [0.1, 0.15) is 12.0 Å². The smallest absolute Gasteiger partial charge is 0.179 e. The van der Waals surface area contributed by atoms with E-state index >= 15 is 0 Å². The van der Waals surface area contributed by atoms with Gasteiger partial charge in [-0.25, -0.2) is 13.4 Å². The molecule has 0 spiro atoms. The van der Waals surface area contributed by atoms with Gasteiger partial charge < -0.3 is 4.90 Å². The quantitative estimate of drug-likeness (QED) is 0.823. The van der Waals surface area contributed by atoms with Crippen LogP contribution in [0, 0.1) is 0 Å². The van der Waals surface area contributed by atoms with Crippen molar-refractivity contribution in [2.75, 3.05) is 24.7 Å².